The van der Waals surface area contributed by atoms with Crippen molar-refractivity contribution in [2.45, 2.75) is 18.9 Å². The van der Waals surface area contributed by atoms with Crippen LogP contribution in [0.25, 0.3) is 0 Å². The van der Waals surface area contributed by atoms with Crippen LogP contribution in [-0.2, 0) is 5.54 Å². The second-order valence-corrected chi connectivity index (χ2v) is 4.45. The smallest absolute Gasteiger partial charge is 0.317 e. The number of para-hydroxylation sites is 1. The first kappa shape index (κ1) is 10.8. The summed E-state index contributed by atoms with van der Waals surface area (Å²) in [5, 5.41) is 12.7. The predicted molar refractivity (Wildman–Crippen MR) is 61.2 cm³/mol. The number of urea groups is 1. The van der Waals surface area contributed by atoms with Gasteiger partial charge in [0.25, 0.3) is 0 Å². The summed E-state index contributed by atoms with van der Waals surface area (Å²) in [6, 6.07) is 7.03. The van der Waals surface area contributed by atoms with E-state index in [9.17, 15) is 9.90 Å². The van der Waals surface area contributed by atoms with Gasteiger partial charge in [0.15, 0.2) is 0 Å². The number of hydrogen-bond donors (Lipinski definition) is 2. The number of aromatic hydroxyl groups is 1. The van der Waals surface area contributed by atoms with E-state index >= 15 is 0 Å². The Morgan fingerprint density at radius 3 is 2.75 bits per heavy atom. The first-order chi connectivity index (χ1) is 7.53. The van der Waals surface area contributed by atoms with Gasteiger partial charge in [-0.2, -0.15) is 0 Å². The Morgan fingerprint density at radius 1 is 1.44 bits per heavy atom. The summed E-state index contributed by atoms with van der Waals surface area (Å²) in [5.41, 5.74) is 0.297. The number of carbonyl (C=O) groups excluding carboxylic acids is 1. The molecule has 1 unspecified atom stereocenters. The van der Waals surface area contributed by atoms with Gasteiger partial charge in [0, 0.05) is 19.2 Å². The standard InChI is InChI=1S/C12H16N2O2/c1-12(7-8-14(2)11(16)13-12)9-5-3-4-6-10(9)15/h3-6,15H,7-8H2,1-2H3,(H,13,16). The van der Waals surface area contributed by atoms with E-state index in [4.69, 9.17) is 0 Å². The Hall–Kier alpha value is -1.71. The van der Waals surface area contributed by atoms with Gasteiger partial charge >= 0.3 is 6.03 Å². The summed E-state index contributed by atoms with van der Waals surface area (Å²) in [6.07, 6.45) is 0.785. The molecular formula is C12H16N2O2. The molecule has 0 bridgehead atoms. The minimum absolute atomic E-state index is 0.1000. The van der Waals surface area contributed by atoms with Crippen molar-refractivity contribution >= 4 is 6.03 Å². The highest BCUT2D eigenvalue weighted by atomic mass is 16.3. The van der Waals surface area contributed by atoms with E-state index in [1.165, 1.54) is 0 Å². The number of phenols is 1. The fourth-order valence-corrected chi connectivity index (χ4v) is 2.03. The van der Waals surface area contributed by atoms with Gasteiger partial charge in [0.2, 0.25) is 0 Å². The molecule has 0 saturated carbocycles. The SMILES string of the molecule is CN1CCC(C)(c2ccccc2O)NC1=O. The lowest BCUT2D eigenvalue weighted by Gasteiger charge is -2.39. The molecule has 0 aromatic heterocycles. The molecular weight excluding hydrogens is 204 g/mol. The molecule has 1 heterocycles. The van der Waals surface area contributed by atoms with Crippen molar-refractivity contribution in [1.29, 1.82) is 0 Å². The molecule has 4 nitrogen and oxygen atoms in total. The van der Waals surface area contributed by atoms with Crippen LogP contribution < -0.4 is 5.32 Å². The number of benzene rings is 1. The summed E-state index contributed by atoms with van der Waals surface area (Å²) in [5.74, 6) is 0.231. The molecule has 1 aromatic rings. The number of hydrogen-bond acceptors (Lipinski definition) is 2. The Labute approximate surface area is 94.9 Å². The van der Waals surface area contributed by atoms with Gasteiger partial charge in [0.1, 0.15) is 5.75 Å². The molecule has 1 saturated heterocycles. The lowest BCUT2D eigenvalue weighted by molar-refractivity contribution is 0.163. The molecule has 2 rings (SSSR count). The van der Waals surface area contributed by atoms with Crippen LogP contribution in [-0.4, -0.2) is 29.6 Å². The van der Waals surface area contributed by atoms with E-state index in [0.717, 1.165) is 12.0 Å². The highest BCUT2D eigenvalue weighted by Crippen LogP contribution is 2.33. The summed E-state index contributed by atoms with van der Waals surface area (Å²) in [7, 11) is 1.76. The summed E-state index contributed by atoms with van der Waals surface area (Å²) in [4.78, 5) is 13.3. The number of nitrogens with zero attached hydrogens (tertiary/aromatic N) is 1. The zero-order valence-corrected chi connectivity index (χ0v) is 9.53. The molecule has 0 aliphatic carbocycles. The molecule has 1 fully saturated rings. The van der Waals surface area contributed by atoms with Crippen LogP contribution in [0, 0.1) is 0 Å². The number of rotatable bonds is 1. The minimum atomic E-state index is -0.477. The van der Waals surface area contributed by atoms with Crippen molar-refractivity contribution in [3.05, 3.63) is 29.8 Å². The average molecular weight is 220 g/mol. The second-order valence-electron chi connectivity index (χ2n) is 4.45. The number of nitrogens with one attached hydrogen (secondary N) is 1. The maximum atomic E-state index is 11.6. The third-order valence-electron chi connectivity index (χ3n) is 3.18. The van der Waals surface area contributed by atoms with Crippen molar-refractivity contribution in [2.75, 3.05) is 13.6 Å². The number of phenolic OH excluding ortho intramolecular Hbond substituents is 1. The van der Waals surface area contributed by atoms with Gasteiger partial charge in [-0.3, -0.25) is 0 Å². The van der Waals surface area contributed by atoms with Gasteiger partial charge in [-0.05, 0) is 19.4 Å². The Balaban J connectivity index is 2.33. The second kappa shape index (κ2) is 3.70. The first-order valence-electron chi connectivity index (χ1n) is 5.35. The van der Waals surface area contributed by atoms with Crippen LogP contribution >= 0.6 is 0 Å². The molecule has 1 aliphatic rings. The molecule has 2 amide bonds. The Kier molecular flexibility index (Phi) is 2.50. The molecule has 1 aromatic carbocycles. The molecule has 4 heteroatoms. The molecule has 16 heavy (non-hydrogen) atoms. The minimum Gasteiger partial charge on any atom is -0.508 e. The highest BCUT2D eigenvalue weighted by molar-refractivity contribution is 5.76. The van der Waals surface area contributed by atoms with E-state index in [0.29, 0.717) is 6.54 Å². The van der Waals surface area contributed by atoms with Crippen LogP contribution in [0.5, 0.6) is 5.75 Å². The summed E-state index contributed by atoms with van der Waals surface area (Å²) in [6.45, 7) is 2.63. The van der Waals surface area contributed by atoms with Crippen LogP contribution in [0.15, 0.2) is 24.3 Å². The molecule has 1 aliphatic heterocycles. The molecule has 86 valence electrons. The topological polar surface area (TPSA) is 52.6 Å². The van der Waals surface area contributed by atoms with Gasteiger partial charge in [0.05, 0.1) is 5.54 Å². The van der Waals surface area contributed by atoms with Gasteiger partial charge < -0.3 is 15.3 Å². The van der Waals surface area contributed by atoms with E-state index in [1.54, 1.807) is 24.1 Å². The summed E-state index contributed by atoms with van der Waals surface area (Å²) >= 11 is 0. The van der Waals surface area contributed by atoms with E-state index in [2.05, 4.69) is 5.32 Å². The van der Waals surface area contributed by atoms with Crippen molar-refractivity contribution in [3.63, 3.8) is 0 Å². The van der Waals surface area contributed by atoms with Crippen molar-refractivity contribution in [2.24, 2.45) is 0 Å². The lowest BCUT2D eigenvalue weighted by Crippen LogP contribution is -2.55. The molecule has 1 atom stereocenters. The normalized spacial score (nSPS) is 25.4. The van der Waals surface area contributed by atoms with Crippen LogP contribution in [0.3, 0.4) is 0 Å². The largest absolute Gasteiger partial charge is 0.508 e. The fraction of sp³-hybridized carbons (Fsp3) is 0.417. The third-order valence-corrected chi connectivity index (χ3v) is 3.18. The van der Waals surface area contributed by atoms with Gasteiger partial charge in [-0.1, -0.05) is 18.2 Å². The quantitative estimate of drug-likeness (QED) is 0.756. The predicted octanol–water partition coefficient (Wildman–Crippen LogP) is 1.65. The van der Waals surface area contributed by atoms with Gasteiger partial charge in [-0.15, -0.1) is 0 Å². The molecule has 2 N–H and O–H groups in total. The average Bonchev–Trinajstić information content (AvgIpc) is 2.25. The van der Waals surface area contributed by atoms with Crippen molar-refractivity contribution in [3.8, 4) is 5.75 Å². The van der Waals surface area contributed by atoms with Crippen molar-refractivity contribution in [1.82, 2.24) is 10.2 Å². The van der Waals surface area contributed by atoms with E-state index in [1.807, 2.05) is 19.1 Å². The third kappa shape index (κ3) is 1.71. The van der Waals surface area contributed by atoms with Crippen molar-refractivity contribution < 1.29 is 9.90 Å². The zero-order valence-electron chi connectivity index (χ0n) is 9.53. The summed E-state index contributed by atoms with van der Waals surface area (Å²) < 4.78 is 0. The monoisotopic (exact) mass is 220 g/mol. The number of amides is 2. The first-order valence-corrected chi connectivity index (χ1v) is 5.35. The van der Waals surface area contributed by atoms with Gasteiger partial charge in [-0.25, -0.2) is 4.79 Å². The Bertz CT molecular complexity index is 419. The van der Waals surface area contributed by atoms with Crippen LogP contribution in [0.2, 0.25) is 0 Å². The fourth-order valence-electron chi connectivity index (χ4n) is 2.03. The molecule has 0 spiro atoms. The lowest BCUT2D eigenvalue weighted by atomic mass is 9.86. The maximum absolute atomic E-state index is 11.6. The van der Waals surface area contributed by atoms with Crippen LogP contribution in [0.4, 0.5) is 4.79 Å². The number of carbonyl (C=O) groups is 1. The van der Waals surface area contributed by atoms with Crippen LogP contribution in [0.1, 0.15) is 18.9 Å². The zero-order chi connectivity index (χ0) is 11.8. The Morgan fingerprint density at radius 2 is 2.12 bits per heavy atom. The van der Waals surface area contributed by atoms with E-state index in [-0.39, 0.29) is 11.8 Å². The maximum Gasteiger partial charge on any atom is 0.317 e. The molecule has 0 radical (unpaired) electrons. The highest BCUT2D eigenvalue weighted by Gasteiger charge is 2.35. The van der Waals surface area contributed by atoms with E-state index < -0.39 is 5.54 Å².